The molecule has 0 heterocycles. The summed E-state index contributed by atoms with van der Waals surface area (Å²) in [6, 6.07) is 5.80. The number of amides is 1. The van der Waals surface area contributed by atoms with Gasteiger partial charge in [-0.25, -0.2) is 0 Å². The maximum Gasteiger partial charge on any atom is 0.252 e. The molecule has 0 spiro atoms. The van der Waals surface area contributed by atoms with Gasteiger partial charge in [0.05, 0.1) is 6.17 Å². The Labute approximate surface area is 103 Å². The second kappa shape index (κ2) is 6.48. The van der Waals surface area contributed by atoms with Gasteiger partial charge in [0, 0.05) is 10.5 Å². The molecular weight excluding hydrogens is 240 g/mol. The normalized spacial score (nSPS) is 14.1. The molecule has 0 saturated carbocycles. The van der Waals surface area contributed by atoms with Crippen molar-refractivity contribution >= 4 is 17.0 Å². The zero-order valence-electron chi connectivity index (χ0n) is 9.51. The van der Waals surface area contributed by atoms with Crippen LogP contribution < -0.4 is 11.1 Å². The molecule has 0 radical (unpaired) electrons. The average Bonchev–Trinajstić information content (AvgIpc) is 2.29. The van der Waals surface area contributed by atoms with Crippen LogP contribution >= 0.6 is 0 Å². The molecule has 2 unspecified atom stereocenters. The lowest BCUT2D eigenvalue weighted by atomic mass is 10.2. The van der Waals surface area contributed by atoms with Crippen molar-refractivity contribution in [3.8, 4) is 0 Å². The van der Waals surface area contributed by atoms with Crippen molar-refractivity contribution in [1.82, 2.24) is 5.32 Å². The summed E-state index contributed by atoms with van der Waals surface area (Å²) < 4.78 is 21.5. The molecule has 0 fully saturated rings. The van der Waals surface area contributed by atoms with Crippen LogP contribution in [0.3, 0.4) is 0 Å². The van der Waals surface area contributed by atoms with Gasteiger partial charge >= 0.3 is 0 Å². The Bertz CT molecular complexity index is 423. The van der Waals surface area contributed by atoms with Crippen molar-refractivity contribution in [2.75, 3.05) is 0 Å². The van der Waals surface area contributed by atoms with Gasteiger partial charge < -0.3 is 15.6 Å². The highest BCUT2D eigenvalue weighted by Gasteiger charge is 2.09. The van der Waals surface area contributed by atoms with Gasteiger partial charge in [-0.1, -0.05) is 19.4 Å². The summed E-state index contributed by atoms with van der Waals surface area (Å²) >= 11 is -2.33. The number of hydrogen-bond acceptors (Lipinski definition) is 4. The quantitative estimate of drug-likeness (QED) is 0.599. The zero-order chi connectivity index (χ0) is 12.8. The smallest absolute Gasteiger partial charge is 0.252 e. The predicted molar refractivity (Wildman–Crippen MR) is 64.0 cm³/mol. The van der Waals surface area contributed by atoms with Crippen LogP contribution in [0.25, 0.3) is 0 Å². The number of benzene rings is 1. The zero-order valence-corrected chi connectivity index (χ0v) is 10.3. The summed E-state index contributed by atoms with van der Waals surface area (Å²) in [7, 11) is 0. The topological polar surface area (TPSA) is 95.2 Å². The molecule has 6 heteroatoms. The molecule has 0 aliphatic heterocycles. The van der Waals surface area contributed by atoms with Crippen LogP contribution in [-0.4, -0.2) is 20.8 Å². The summed E-state index contributed by atoms with van der Waals surface area (Å²) in [6.45, 7) is 1.97. The first-order valence-corrected chi connectivity index (χ1v) is 6.38. The van der Waals surface area contributed by atoms with E-state index in [1.165, 1.54) is 18.2 Å². The van der Waals surface area contributed by atoms with Gasteiger partial charge in [0.2, 0.25) is 0 Å². The van der Waals surface area contributed by atoms with Crippen molar-refractivity contribution in [3.63, 3.8) is 0 Å². The molecule has 1 amide bonds. The van der Waals surface area contributed by atoms with Crippen LogP contribution in [0.4, 0.5) is 0 Å². The van der Waals surface area contributed by atoms with Crippen LogP contribution in [0.15, 0.2) is 29.2 Å². The number of nitrogens with two attached hydrogens (primary N) is 1. The molecule has 1 aromatic carbocycles. The van der Waals surface area contributed by atoms with Crippen molar-refractivity contribution in [3.05, 3.63) is 29.8 Å². The van der Waals surface area contributed by atoms with Crippen molar-refractivity contribution in [1.29, 1.82) is 0 Å². The van der Waals surface area contributed by atoms with E-state index in [9.17, 15) is 13.6 Å². The summed E-state index contributed by atoms with van der Waals surface area (Å²) in [5.74, 6) is -0.363. The number of carbonyl (C=O) groups excluding carboxylic acids is 1. The summed E-state index contributed by atoms with van der Waals surface area (Å²) in [5, 5.41) is 2.60. The highest BCUT2D eigenvalue weighted by molar-refractivity contribution is 7.79. The lowest BCUT2D eigenvalue weighted by molar-refractivity contribution is 0.0936. The summed E-state index contributed by atoms with van der Waals surface area (Å²) in [4.78, 5) is 11.8. The third-order valence-corrected chi connectivity index (χ3v) is 2.84. The Morgan fingerprint density at radius 3 is 2.88 bits per heavy atom. The number of hydrogen-bond donors (Lipinski definition) is 2. The van der Waals surface area contributed by atoms with Gasteiger partial charge in [0.25, 0.3) is 5.91 Å². The van der Waals surface area contributed by atoms with Gasteiger partial charge in [-0.05, 0) is 35.7 Å². The first-order chi connectivity index (χ1) is 8.04. The Morgan fingerprint density at radius 1 is 1.59 bits per heavy atom. The van der Waals surface area contributed by atoms with Gasteiger partial charge in [0.15, 0.2) is 0 Å². The van der Waals surface area contributed by atoms with E-state index >= 15 is 0 Å². The molecule has 1 aromatic rings. The third kappa shape index (κ3) is 4.26. The van der Waals surface area contributed by atoms with E-state index in [1.807, 2.05) is 6.92 Å². The summed E-state index contributed by atoms with van der Waals surface area (Å²) in [6.07, 6.45) is 1.14. The lowest BCUT2D eigenvalue weighted by Crippen LogP contribution is -2.41. The number of carbonyl (C=O) groups is 1. The van der Waals surface area contributed by atoms with Crippen LogP contribution in [0.2, 0.25) is 0 Å². The number of rotatable bonds is 5. The Balaban J connectivity index is 2.75. The van der Waals surface area contributed by atoms with Crippen molar-refractivity contribution in [2.24, 2.45) is 5.73 Å². The van der Waals surface area contributed by atoms with E-state index < -0.39 is 17.2 Å². The second-order valence-electron chi connectivity index (χ2n) is 3.63. The Kier molecular flexibility index (Phi) is 5.27. The minimum absolute atomic E-state index is 0.0849. The fourth-order valence-corrected chi connectivity index (χ4v) is 1.79. The standard InChI is InChI=1S/C11H16N2O3S/c1-2-4-10(12)13-11(14)8-5-3-6-9(7-8)17(15)16/h3,5-7,10H,2,4,12H2,1H3,(H,13,14)(H,15,16)/p-1. The average molecular weight is 255 g/mol. The van der Waals surface area contributed by atoms with E-state index in [0.29, 0.717) is 12.0 Å². The molecule has 0 saturated heterocycles. The van der Waals surface area contributed by atoms with Crippen LogP contribution in [0, 0.1) is 0 Å². The molecule has 17 heavy (non-hydrogen) atoms. The minimum atomic E-state index is -2.33. The maximum atomic E-state index is 11.7. The van der Waals surface area contributed by atoms with Crippen molar-refractivity contribution < 1.29 is 13.6 Å². The molecule has 3 N–H and O–H groups in total. The molecule has 0 bridgehead atoms. The molecule has 0 aliphatic rings. The fraction of sp³-hybridized carbons (Fsp3) is 0.364. The van der Waals surface area contributed by atoms with E-state index in [1.54, 1.807) is 6.07 Å². The molecule has 94 valence electrons. The fourth-order valence-electron chi connectivity index (χ4n) is 1.38. The first-order valence-electron chi connectivity index (χ1n) is 5.30. The molecule has 0 aromatic heterocycles. The second-order valence-corrected chi connectivity index (χ2v) is 4.57. The van der Waals surface area contributed by atoms with Gasteiger partial charge in [-0.2, -0.15) is 0 Å². The first kappa shape index (κ1) is 13.8. The van der Waals surface area contributed by atoms with Gasteiger partial charge in [0.1, 0.15) is 0 Å². The monoisotopic (exact) mass is 255 g/mol. The molecule has 0 aliphatic carbocycles. The molecule has 2 atom stereocenters. The Morgan fingerprint density at radius 2 is 2.29 bits per heavy atom. The molecule has 1 rings (SSSR count). The lowest BCUT2D eigenvalue weighted by Gasteiger charge is -2.13. The van der Waals surface area contributed by atoms with Gasteiger partial charge in [-0.3, -0.25) is 9.00 Å². The van der Waals surface area contributed by atoms with E-state index in [-0.39, 0.29) is 10.8 Å². The maximum absolute atomic E-state index is 11.7. The predicted octanol–water partition coefficient (Wildman–Crippen LogP) is 0.739. The number of nitrogens with one attached hydrogen (secondary N) is 1. The molecule has 5 nitrogen and oxygen atoms in total. The van der Waals surface area contributed by atoms with Crippen molar-refractivity contribution in [2.45, 2.75) is 30.8 Å². The molecular formula is C11H15N2O3S-. The highest BCUT2D eigenvalue weighted by atomic mass is 32.2. The van der Waals surface area contributed by atoms with Crippen LogP contribution in [0.1, 0.15) is 30.1 Å². The third-order valence-electron chi connectivity index (χ3n) is 2.20. The Hall–Kier alpha value is -1.24. The van der Waals surface area contributed by atoms with Crippen LogP contribution in [-0.2, 0) is 11.1 Å². The van der Waals surface area contributed by atoms with Gasteiger partial charge in [-0.15, -0.1) is 0 Å². The van der Waals surface area contributed by atoms with E-state index in [4.69, 9.17) is 5.73 Å². The SMILES string of the molecule is CCCC(N)NC(=O)c1cccc(S(=O)[O-])c1. The van der Waals surface area contributed by atoms with Crippen LogP contribution in [0.5, 0.6) is 0 Å². The van der Waals surface area contributed by atoms with E-state index in [0.717, 1.165) is 6.42 Å². The minimum Gasteiger partial charge on any atom is -0.768 e. The summed E-state index contributed by atoms with van der Waals surface area (Å²) in [5.41, 5.74) is 5.96. The van der Waals surface area contributed by atoms with E-state index in [2.05, 4.69) is 5.32 Å². The highest BCUT2D eigenvalue weighted by Crippen LogP contribution is 2.08. The largest absolute Gasteiger partial charge is 0.768 e.